The molecule has 0 amide bonds. The van der Waals surface area contributed by atoms with Gasteiger partial charge in [0.15, 0.2) is 0 Å². The van der Waals surface area contributed by atoms with Crippen LogP contribution in [-0.4, -0.2) is 24.4 Å². The summed E-state index contributed by atoms with van der Waals surface area (Å²) in [4.78, 5) is 0. The zero-order chi connectivity index (χ0) is 12.7. The molecule has 0 saturated heterocycles. The number of rotatable bonds is 7. The molecule has 0 radical (unpaired) electrons. The smallest absolute Gasteiger partial charge is 0.127 e. The Bertz CT molecular complexity index is 324. The zero-order valence-corrected chi connectivity index (χ0v) is 10.7. The quantitative estimate of drug-likeness (QED) is 0.763. The summed E-state index contributed by atoms with van der Waals surface area (Å²) < 4.78 is 18.6. The largest absolute Gasteiger partial charge is 0.393 e. The van der Waals surface area contributed by atoms with Gasteiger partial charge in [0.05, 0.1) is 6.10 Å². The minimum atomic E-state index is -0.579. The van der Waals surface area contributed by atoms with Gasteiger partial charge in [-0.25, -0.2) is 4.39 Å². The second-order valence-electron chi connectivity index (χ2n) is 3.90. The van der Waals surface area contributed by atoms with Crippen LogP contribution < -0.4 is 0 Å². The van der Waals surface area contributed by atoms with Gasteiger partial charge in [0.2, 0.25) is 0 Å². The molecule has 0 saturated carbocycles. The molecule has 1 rings (SSSR count). The van der Waals surface area contributed by atoms with Crippen LogP contribution in [0.2, 0.25) is 5.02 Å². The Morgan fingerprint density at radius 2 is 2.24 bits per heavy atom. The van der Waals surface area contributed by atoms with Crippen molar-refractivity contribution in [3.63, 3.8) is 0 Å². The highest BCUT2D eigenvalue weighted by Crippen LogP contribution is 2.21. The van der Waals surface area contributed by atoms with Crippen LogP contribution in [-0.2, 0) is 11.2 Å². The van der Waals surface area contributed by atoms with Crippen LogP contribution in [0.1, 0.15) is 25.3 Å². The average molecular weight is 261 g/mol. The van der Waals surface area contributed by atoms with E-state index in [0.29, 0.717) is 30.2 Å². The van der Waals surface area contributed by atoms with Crippen molar-refractivity contribution >= 4 is 11.6 Å². The SMILES string of the molecule is CCOCCCC(O)Cc1c(F)cccc1Cl. The van der Waals surface area contributed by atoms with E-state index in [2.05, 4.69) is 0 Å². The second kappa shape index (κ2) is 7.64. The summed E-state index contributed by atoms with van der Waals surface area (Å²) in [6, 6.07) is 4.55. The monoisotopic (exact) mass is 260 g/mol. The summed E-state index contributed by atoms with van der Waals surface area (Å²) in [5.41, 5.74) is 0.387. The molecule has 0 aliphatic carbocycles. The Labute approximate surface area is 106 Å². The molecule has 0 aliphatic rings. The maximum atomic E-state index is 13.4. The fourth-order valence-electron chi connectivity index (χ4n) is 1.63. The topological polar surface area (TPSA) is 29.5 Å². The first-order valence-electron chi connectivity index (χ1n) is 5.83. The van der Waals surface area contributed by atoms with Gasteiger partial charge < -0.3 is 9.84 Å². The van der Waals surface area contributed by atoms with E-state index in [-0.39, 0.29) is 12.2 Å². The maximum Gasteiger partial charge on any atom is 0.127 e. The molecule has 1 aromatic carbocycles. The lowest BCUT2D eigenvalue weighted by Gasteiger charge is -2.12. The number of hydrogen-bond donors (Lipinski definition) is 1. The Morgan fingerprint density at radius 1 is 1.47 bits per heavy atom. The summed E-state index contributed by atoms with van der Waals surface area (Å²) in [6.07, 6.45) is 1.02. The normalized spacial score (nSPS) is 12.7. The Hall–Kier alpha value is -0.640. The van der Waals surface area contributed by atoms with Gasteiger partial charge in [0.1, 0.15) is 5.82 Å². The lowest BCUT2D eigenvalue weighted by Crippen LogP contribution is -2.13. The van der Waals surface area contributed by atoms with Crippen molar-refractivity contribution in [2.75, 3.05) is 13.2 Å². The van der Waals surface area contributed by atoms with Crippen LogP contribution in [0, 0.1) is 5.82 Å². The minimum Gasteiger partial charge on any atom is -0.393 e. The highest BCUT2D eigenvalue weighted by Gasteiger charge is 2.12. The van der Waals surface area contributed by atoms with E-state index in [1.54, 1.807) is 12.1 Å². The summed E-state index contributed by atoms with van der Waals surface area (Å²) in [7, 11) is 0. The molecule has 4 heteroatoms. The third-order valence-electron chi connectivity index (χ3n) is 2.53. The van der Waals surface area contributed by atoms with Gasteiger partial charge in [-0.05, 0) is 31.9 Å². The summed E-state index contributed by atoms with van der Waals surface area (Å²) in [5.74, 6) is -0.360. The van der Waals surface area contributed by atoms with Gasteiger partial charge >= 0.3 is 0 Å². The van der Waals surface area contributed by atoms with E-state index in [1.165, 1.54) is 6.07 Å². The van der Waals surface area contributed by atoms with Crippen LogP contribution in [0.5, 0.6) is 0 Å². The molecule has 0 spiro atoms. The molecule has 0 heterocycles. The fraction of sp³-hybridized carbons (Fsp3) is 0.538. The summed E-state index contributed by atoms with van der Waals surface area (Å²) in [5, 5.41) is 10.1. The van der Waals surface area contributed by atoms with E-state index in [9.17, 15) is 9.50 Å². The van der Waals surface area contributed by atoms with Crippen molar-refractivity contribution in [3.8, 4) is 0 Å². The standard InChI is InChI=1S/C13H18ClFO2/c1-2-17-8-4-5-10(16)9-11-12(14)6-3-7-13(11)15/h3,6-7,10,16H,2,4-5,8-9H2,1H3. The van der Waals surface area contributed by atoms with E-state index < -0.39 is 6.10 Å². The molecule has 1 atom stereocenters. The first kappa shape index (κ1) is 14.4. The van der Waals surface area contributed by atoms with Crippen LogP contribution in [0.3, 0.4) is 0 Å². The predicted molar refractivity (Wildman–Crippen MR) is 66.8 cm³/mol. The van der Waals surface area contributed by atoms with E-state index in [1.807, 2.05) is 6.92 Å². The fourth-order valence-corrected chi connectivity index (χ4v) is 1.87. The Balaban J connectivity index is 2.42. The first-order chi connectivity index (χ1) is 8.15. The van der Waals surface area contributed by atoms with Crippen molar-refractivity contribution in [2.24, 2.45) is 0 Å². The van der Waals surface area contributed by atoms with E-state index in [4.69, 9.17) is 16.3 Å². The molecule has 0 fully saturated rings. The van der Waals surface area contributed by atoms with Crippen LogP contribution in [0.4, 0.5) is 4.39 Å². The van der Waals surface area contributed by atoms with Crippen molar-refractivity contribution in [1.82, 2.24) is 0 Å². The number of aliphatic hydroxyl groups excluding tert-OH is 1. The number of benzene rings is 1. The van der Waals surface area contributed by atoms with Crippen molar-refractivity contribution in [2.45, 2.75) is 32.3 Å². The lowest BCUT2D eigenvalue weighted by atomic mass is 10.0. The zero-order valence-electron chi connectivity index (χ0n) is 9.96. The number of hydrogen-bond acceptors (Lipinski definition) is 2. The highest BCUT2D eigenvalue weighted by atomic mass is 35.5. The van der Waals surface area contributed by atoms with Gasteiger partial charge in [0.25, 0.3) is 0 Å². The molecule has 17 heavy (non-hydrogen) atoms. The predicted octanol–water partition coefficient (Wildman–Crippen LogP) is 3.20. The molecule has 1 aromatic rings. The van der Waals surface area contributed by atoms with Gasteiger partial charge in [-0.15, -0.1) is 0 Å². The lowest BCUT2D eigenvalue weighted by molar-refractivity contribution is 0.114. The maximum absolute atomic E-state index is 13.4. The minimum absolute atomic E-state index is 0.248. The second-order valence-corrected chi connectivity index (χ2v) is 4.30. The number of halogens is 2. The molecule has 1 unspecified atom stereocenters. The van der Waals surface area contributed by atoms with Crippen LogP contribution >= 0.6 is 11.6 Å². The van der Waals surface area contributed by atoms with Gasteiger partial charge in [-0.1, -0.05) is 17.7 Å². The molecule has 2 nitrogen and oxygen atoms in total. The van der Waals surface area contributed by atoms with Gasteiger partial charge in [0, 0.05) is 30.2 Å². The molecule has 0 aliphatic heterocycles. The van der Waals surface area contributed by atoms with Gasteiger partial charge in [-0.2, -0.15) is 0 Å². The Kier molecular flexibility index (Phi) is 6.48. The van der Waals surface area contributed by atoms with Crippen LogP contribution in [0.15, 0.2) is 18.2 Å². The first-order valence-corrected chi connectivity index (χ1v) is 6.21. The molecular formula is C13H18ClFO2. The van der Waals surface area contributed by atoms with E-state index >= 15 is 0 Å². The summed E-state index contributed by atoms with van der Waals surface area (Å²) >= 11 is 5.88. The third kappa shape index (κ3) is 5.02. The third-order valence-corrected chi connectivity index (χ3v) is 2.89. The average Bonchev–Trinajstić information content (AvgIpc) is 2.30. The van der Waals surface area contributed by atoms with Gasteiger partial charge in [-0.3, -0.25) is 0 Å². The summed E-state index contributed by atoms with van der Waals surface area (Å²) in [6.45, 7) is 3.23. The molecule has 0 bridgehead atoms. The number of ether oxygens (including phenoxy) is 1. The van der Waals surface area contributed by atoms with Crippen molar-refractivity contribution in [1.29, 1.82) is 0 Å². The Morgan fingerprint density at radius 3 is 2.88 bits per heavy atom. The molecule has 1 N–H and O–H groups in total. The van der Waals surface area contributed by atoms with Crippen molar-refractivity contribution in [3.05, 3.63) is 34.6 Å². The van der Waals surface area contributed by atoms with Crippen LogP contribution in [0.25, 0.3) is 0 Å². The highest BCUT2D eigenvalue weighted by molar-refractivity contribution is 6.31. The molecule has 0 aromatic heterocycles. The van der Waals surface area contributed by atoms with Crippen molar-refractivity contribution < 1.29 is 14.2 Å². The molecule has 96 valence electrons. The number of aliphatic hydroxyl groups is 1. The molecular weight excluding hydrogens is 243 g/mol. The van der Waals surface area contributed by atoms with E-state index in [0.717, 1.165) is 6.42 Å².